The lowest BCUT2D eigenvalue weighted by Crippen LogP contribution is -2.11. The number of imidazole rings is 1. The molecule has 0 bridgehead atoms. The molecule has 5 nitrogen and oxygen atoms in total. The zero-order valence-electron chi connectivity index (χ0n) is 12.9. The largest absolute Gasteiger partial charge is 0.461 e. The van der Waals surface area contributed by atoms with Gasteiger partial charge in [-0.2, -0.15) is 0 Å². The van der Waals surface area contributed by atoms with E-state index in [4.69, 9.17) is 10.5 Å². The molecule has 0 aliphatic carbocycles. The van der Waals surface area contributed by atoms with Gasteiger partial charge in [-0.15, -0.1) is 0 Å². The average molecular weight is 287 g/mol. The third-order valence-corrected chi connectivity index (χ3v) is 3.28. The Bertz CT molecular complexity index is 637. The summed E-state index contributed by atoms with van der Waals surface area (Å²) in [7, 11) is 0. The third kappa shape index (κ3) is 3.07. The molecule has 2 aromatic rings. The van der Waals surface area contributed by atoms with E-state index in [0.29, 0.717) is 6.61 Å². The molecule has 1 aromatic carbocycles. The van der Waals surface area contributed by atoms with Gasteiger partial charge in [-0.3, -0.25) is 4.57 Å². The number of nitrogen functional groups attached to an aromatic ring is 1. The van der Waals surface area contributed by atoms with E-state index in [2.05, 4.69) is 37.9 Å². The molecule has 0 saturated carbocycles. The molecule has 0 unspecified atom stereocenters. The van der Waals surface area contributed by atoms with Crippen molar-refractivity contribution in [3.63, 3.8) is 0 Å². The maximum Gasteiger partial charge on any atom is 0.360 e. The van der Waals surface area contributed by atoms with Crippen molar-refractivity contribution in [1.29, 1.82) is 0 Å². The van der Waals surface area contributed by atoms with Crippen molar-refractivity contribution < 1.29 is 9.53 Å². The molecular weight excluding hydrogens is 266 g/mol. The van der Waals surface area contributed by atoms with Crippen LogP contribution in [0.3, 0.4) is 0 Å². The van der Waals surface area contributed by atoms with Crippen LogP contribution in [0, 0.1) is 0 Å². The van der Waals surface area contributed by atoms with Crippen molar-refractivity contribution in [1.82, 2.24) is 9.55 Å². The first-order valence-electron chi connectivity index (χ1n) is 6.95. The number of nitrogens with two attached hydrogens (primary N) is 1. The number of esters is 1. The van der Waals surface area contributed by atoms with Gasteiger partial charge in [0.25, 0.3) is 0 Å². The van der Waals surface area contributed by atoms with Crippen molar-refractivity contribution in [2.24, 2.45) is 0 Å². The normalized spacial score (nSPS) is 11.4. The number of carbonyl (C=O) groups excluding carboxylic acids is 1. The van der Waals surface area contributed by atoms with E-state index in [-0.39, 0.29) is 16.9 Å². The molecule has 0 spiro atoms. The van der Waals surface area contributed by atoms with E-state index in [1.165, 1.54) is 11.9 Å². The molecule has 21 heavy (non-hydrogen) atoms. The minimum atomic E-state index is -0.500. The Morgan fingerprint density at radius 1 is 1.29 bits per heavy atom. The van der Waals surface area contributed by atoms with Gasteiger partial charge in [-0.25, -0.2) is 9.78 Å². The molecule has 1 heterocycles. The van der Waals surface area contributed by atoms with Crippen molar-refractivity contribution in [3.05, 3.63) is 41.9 Å². The summed E-state index contributed by atoms with van der Waals surface area (Å²) in [5, 5.41) is 0. The highest BCUT2D eigenvalue weighted by molar-refractivity contribution is 5.92. The highest BCUT2D eigenvalue weighted by Crippen LogP contribution is 2.24. The Kier molecular flexibility index (Phi) is 4.02. The van der Waals surface area contributed by atoms with Crippen molar-refractivity contribution in [3.8, 4) is 5.69 Å². The van der Waals surface area contributed by atoms with E-state index < -0.39 is 5.97 Å². The highest BCUT2D eigenvalue weighted by Gasteiger charge is 2.18. The number of ether oxygens (including phenoxy) is 1. The van der Waals surface area contributed by atoms with Gasteiger partial charge >= 0.3 is 5.97 Å². The lowest BCUT2D eigenvalue weighted by Gasteiger charge is -2.19. The molecule has 2 rings (SSSR count). The molecule has 0 amide bonds. The predicted octanol–water partition coefficient (Wildman–Crippen LogP) is 2.93. The average Bonchev–Trinajstić information content (AvgIpc) is 2.80. The summed E-state index contributed by atoms with van der Waals surface area (Å²) in [6.45, 7) is 8.52. The maximum atomic E-state index is 11.7. The maximum absolute atomic E-state index is 11.7. The van der Waals surface area contributed by atoms with E-state index in [0.717, 1.165) is 5.69 Å². The topological polar surface area (TPSA) is 70.1 Å². The molecule has 0 fully saturated rings. The van der Waals surface area contributed by atoms with Crippen molar-refractivity contribution in [2.75, 3.05) is 12.3 Å². The van der Waals surface area contributed by atoms with E-state index >= 15 is 0 Å². The van der Waals surface area contributed by atoms with E-state index in [1.54, 1.807) is 11.5 Å². The monoisotopic (exact) mass is 287 g/mol. The van der Waals surface area contributed by atoms with Crippen molar-refractivity contribution >= 4 is 11.8 Å². The Morgan fingerprint density at radius 2 is 1.90 bits per heavy atom. The third-order valence-electron chi connectivity index (χ3n) is 3.28. The van der Waals surface area contributed by atoms with Crippen LogP contribution < -0.4 is 5.73 Å². The summed E-state index contributed by atoms with van der Waals surface area (Å²) >= 11 is 0. The fourth-order valence-corrected chi connectivity index (χ4v) is 2.04. The Labute approximate surface area is 124 Å². The second-order valence-corrected chi connectivity index (χ2v) is 5.87. The highest BCUT2D eigenvalue weighted by atomic mass is 16.5. The zero-order chi connectivity index (χ0) is 15.6. The van der Waals surface area contributed by atoms with Gasteiger partial charge < -0.3 is 10.5 Å². The molecule has 0 aliphatic rings. The first-order chi connectivity index (χ1) is 9.84. The fraction of sp³-hybridized carbons (Fsp3) is 0.375. The summed E-state index contributed by atoms with van der Waals surface area (Å²) in [6.07, 6.45) is 1.54. The standard InChI is InChI=1S/C16H21N3O2/c1-5-21-15(20)13-14(17)19(10-18-13)12-8-6-11(7-9-12)16(2,3)4/h6-10H,5,17H2,1-4H3. The minimum absolute atomic E-state index is 0.0924. The van der Waals surface area contributed by atoms with Crippen LogP contribution in [-0.4, -0.2) is 22.1 Å². The van der Waals surface area contributed by atoms with Crippen LogP contribution in [0.25, 0.3) is 5.69 Å². The van der Waals surface area contributed by atoms with Gasteiger partial charge in [0.05, 0.1) is 6.61 Å². The summed E-state index contributed by atoms with van der Waals surface area (Å²) < 4.78 is 6.61. The first kappa shape index (κ1) is 15.1. The number of carbonyl (C=O) groups is 1. The minimum Gasteiger partial charge on any atom is -0.461 e. The lowest BCUT2D eigenvalue weighted by molar-refractivity contribution is 0.0521. The van der Waals surface area contributed by atoms with Crippen LogP contribution in [-0.2, 0) is 10.2 Å². The van der Waals surface area contributed by atoms with Gasteiger partial charge in [0.15, 0.2) is 5.69 Å². The smallest absolute Gasteiger partial charge is 0.360 e. The zero-order valence-corrected chi connectivity index (χ0v) is 12.9. The molecular formula is C16H21N3O2. The predicted molar refractivity (Wildman–Crippen MR) is 82.6 cm³/mol. The molecule has 112 valence electrons. The fourth-order valence-electron chi connectivity index (χ4n) is 2.04. The van der Waals surface area contributed by atoms with E-state index in [1.807, 2.05) is 12.1 Å². The number of hydrogen-bond acceptors (Lipinski definition) is 4. The molecule has 2 N–H and O–H groups in total. The molecule has 5 heteroatoms. The molecule has 0 atom stereocenters. The molecule has 0 radical (unpaired) electrons. The Morgan fingerprint density at radius 3 is 2.43 bits per heavy atom. The van der Waals surface area contributed by atoms with Gasteiger partial charge in [-0.1, -0.05) is 32.9 Å². The summed E-state index contributed by atoms with van der Waals surface area (Å²) in [6, 6.07) is 8.04. The number of benzene rings is 1. The Hall–Kier alpha value is -2.30. The molecule has 1 aromatic heterocycles. The van der Waals surface area contributed by atoms with E-state index in [9.17, 15) is 4.79 Å². The van der Waals surface area contributed by atoms with Crippen LogP contribution in [0.4, 0.5) is 5.82 Å². The quantitative estimate of drug-likeness (QED) is 0.881. The second kappa shape index (κ2) is 5.60. The number of anilines is 1. The number of hydrogen-bond donors (Lipinski definition) is 1. The summed E-state index contributed by atoms with van der Waals surface area (Å²) in [4.78, 5) is 15.8. The van der Waals surface area contributed by atoms with Crippen LogP contribution in [0.2, 0.25) is 0 Å². The second-order valence-electron chi connectivity index (χ2n) is 5.87. The van der Waals surface area contributed by atoms with Gasteiger partial charge in [0, 0.05) is 5.69 Å². The number of nitrogens with zero attached hydrogens (tertiary/aromatic N) is 2. The van der Waals surface area contributed by atoms with Gasteiger partial charge in [-0.05, 0) is 30.0 Å². The van der Waals surface area contributed by atoms with Crippen LogP contribution in [0.5, 0.6) is 0 Å². The Balaban J connectivity index is 2.33. The number of rotatable bonds is 3. The number of aromatic nitrogens is 2. The first-order valence-corrected chi connectivity index (χ1v) is 6.95. The van der Waals surface area contributed by atoms with Gasteiger partial charge in [0.2, 0.25) is 0 Å². The van der Waals surface area contributed by atoms with Crippen molar-refractivity contribution in [2.45, 2.75) is 33.1 Å². The lowest BCUT2D eigenvalue weighted by atomic mass is 9.87. The van der Waals surface area contributed by atoms with Gasteiger partial charge in [0.1, 0.15) is 12.1 Å². The molecule has 0 saturated heterocycles. The van der Waals surface area contributed by atoms with Crippen LogP contribution in [0.1, 0.15) is 43.7 Å². The van der Waals surface area contributed by atoms with Crippen LogP contribution >= 0.6 is 0 Å². The SMILES string of the molecule is CCOC(=O)c1ncn(-c2ccc(C(C)(C)C)cc2)c1N. The summed E-state index contributed by atoms with van der Waals surface area (Å²) in [5.74, 6) is -0.211. The molecule has 0 aliphatic heterocycles. The van der Waals surface area contributed by atoms with Crippen LogP contribution in [0.15, 0.2) is 30.6 Å². The summed E-state index contributed by atoms with van der Waals surface area (Å²) in [5.41, 5.74) is 8.33.